The number of alkyl halides is 3. The summed E-state index contributed by atoms with van der Waals surface area (Å²) in [7, 11) is 0. The highest BCUT2D eigenvalue weighted by Gasteiger charge is 2.38. The van der Waals surface area contributed by atoms with Crippen LogP contribution in [0.3, 0.4) is 0 Å². The predicted octanol–water partition coefficient (Wildman–Crippen LogP) is 3.96. The Labute approximate surface area is 232 Å². The minimum Gasteiger partial charge on any atom is -0.475 e. The quantitative estimate of drug-likeness (QED) is 0.258. The van der Waals surface area contributed by atoms with E-state index < -0.39 is 30.1 Å². The summed E-state index contributed by atoms with van der Waals surface area (Å²) in [4.78, 5) is 49.7. The average molecular weight is 582 g/mol. The van der Waals surface area contributed by atoms with Crippen LogP contribution >= 0.6 is 0 Å². The van der Waals surface area contributed by atoms with Crippen molar-refractivity contribution in [2.24, 2.45) is 0 Å². The second-order valence-corrected chi connectivity index (χ2v) is 8.51. The lowest BCUT2D eigenvalue weighted by molar-refractivity contribution is -0.192. The number of H-pyrrole nitrogens is 1. The van der Waals surface area contributed by atoms with E-state index in [2.05, 4.69) is 25.8 Å². The highest BCUT2D eigenvalue weighted by atomic mass is 19.4. The number of amides is 2. The van der Waals surface area contributed by atoms with E-state index in [9.17, 15) is 27.6 Å². The second-order valence-electron chi connectivity index (χ2n) is 8.51. The van der Waals surface area contributed by atoms with Crippen LogP contribution in [0.1, 0.15) is 61.6 Å². The minimum absolute atomic E-state index is 0.0800. The monoisotopic (exact) mass is 581 g/mol. The van der Waals surface area contributed by atoms with E-state index in [-0.39, 0.29) is 30.0 Å². The third-order valence-electron chi connectivity index (χ3n) is 5.51. The molecule has 0 aliphatic carbocycles. The summed E-state index contributed by atoms with van der Waals surface area (Å²) in [5.74, 6) is -3.63. The van der Waals surface area contributed by atoms with Crippen molar-refractivity contribution in [3.63, 3.8) is 0 Å². The first-order valence-corrected chi connectivity index (χ1v) is 12.5. The van der Waals surface area contributed by atoms with E-state index in [0.29, 0.717) is 17.1 Å². The Kier molecular flexibility index (Phi) is 11.6. The van der Waals surface area contributed by atoms with Crippen LogP contribution in [0, 0.1) is 0 Å². The third kappa shape index (κ3) is 9.47. The molecule has 0 saturated heterocycles. The van der Waals surface area contributed by atoms with Gasteiger partial charge in [-0.25, -0.2) is 14.6 Å². The molecule has 3 aromatic rings. The van der Waals surface area contributed by atoms with Crippen LogP contribution in [0.2, 0.25) is 0 Å². The minimum atomic E-state index is -5.08. The number of rotatable bonds is 10. The fraction of sp³-hybridized carbons (Fsp3) is 0.385. The second kappa shape index (κ2) is 14.6. The number of oxazole rings is 1. The molecular weight excluding hydrogens is 551 g/mol. The molecule has 1 aromatic carbocycles. The zero-order valence-electron chi connectivity index (χ0n) is 22.7. The number of nitrogens with one attached hydrogen (secondary N) is 3. The van der Waals surface area contributed by atoms with Gasteiger partial charge in [0.1, 0.15) is 6.04 Å². The fourth-order valence-corrected chi connectivity index (χ4v) is 3.26. The van der Waals surface area contributed by atoms with E-state index in [1.807, 2.05) is 38.1 Å². The van der Waals surface area contributed by atoms with Gasteiger partial charge in [-0.05, 0) is 44.9 Å². The van der Waals surface area contributed by atoms with Crippen molar-refractivity contribution in [2.75, 3.05) is 6.61 Å². The van der Waals surface area contributed by atoms with Gasteiger partial charge in [0.05, 0.1) is 18.5 Å². The van der Waals surface area contributed by atoms with E-state index in [0.717, 1.165) is 18.4 Å². The van der Waals surface area contributed by atoms with Crippen molar-refractivity contribution in [2.45, 2.75) is 58.8 Å². The van der Waals surface area contributed by atoms with E-state index in [1.165, 1.54) is 6.20 Å². The SMILES string of the molecule is CCOC(=O)[C@H](C)NC(=O)c1cc(-c2cccc(-c3ncc(C(=O)NC(CC)CC)o3)c2)[nH]n1.O=C(O)C(F)(F)F. The van der Waals surface area contributed by atoms with Crippen LogP contribution in [0.5, 0.6) is 0 Å². The van der Waals surface area contributed by atoms with Crippen LogP contribution in [-0.2, 0) is 14.3 Å². The topological polar surface area (TPSA) is 177 Å². The molecule has 41 heavy (non-hydrogen) atoms. The molecule has 0 saturated carbocycles. The largest absolute Gasteiger partial charge is 0.490 e. The highest BCUT2D eigenvalue weighted by Crippen LogP contribution is 2.26. The maximum Gasteiger partial charge on any atom is 0.490 e. The van der Waals surface area contributed by atoms with Gasteiger partial charge in [0.25, 0.3) is 11.8 Å². The first kappa shape index (κ1) is 32.5. The molecule has 222 valence electrons. The van der Waals surface area contributed by atoms with Gasteiger partial charge in [-0.15, -0.1) is 0 Å². The molecule has 12 nitrogen and oxygen atoms in total. The Morgan fingerprint density at radius 2 is 1.68 bits per heavy atom. The summed E-state index contributed by atoms with van der Waals surface area (Å²) in [5.41, 5.74) is 2.13. The Morgan fingerprint density at radius 3 is 2.27 bits per heavy atom. The lowest BCUT2D eigenvalue weighted by atomic mass is 10.1. The number of ether oxygens (including phenoxy) is 1. The Balaban J connectivity index is 0.000000745. The molecule has 4 N–H and O–H groups in total. The number of esters is 1. The Morgan fingerprint density at radius 1 is 1.05 bits per heavy atom. The lowest BCUT2D eigenvalue weighted by Crippen LogP contribution is -2.39. The number of halogens is 3. The van der Waals surface area contributed by atoms with Crippen LogP contribution in [-0.4, -0.2) is 68.9 Å². The molecule has 0 unspecified atom stereocenters. The van der Waals surface area contributed by atoms with Gasteiger partial charge in [-0.3, -0.25) is 14.7 Å². The Bertz CT molecular complexity index is 1350. The molecule has 15 heteroatoms. The third-order valence-corrected chi connectivity index (χ3v) is 5.51. The summed E-state index contributed by atoms with van der Waals surface area (Å²) < 4.78 is 42.3. The number of benzene rings is 1. The molecule has 2 amide bonds. The number of carboxylic acid groups (broad SMARTS) is 1. The molecule has 2 heterocycles. The van der Waals surface area contributed by atoms with Crippen molar-refractivity contribution >= 4 is 23.8 Å². The molecule has 3 rings (SSSR count). The van der Waals surface area contributed by atoms with Gasteiger partial charge in [-0.1, -0.05) is 26.0 Å². The molecule has 0 aliphatic heterocycles. The van der Waals surface area contributed by atoms with Crippen LogP contribution < -0.4 is 10.6 Å². The number of aliphatic carboxylic acids is 1. The van der Waals surface area contributed by atoms with Gasteiger partial charge >= 0.3 is 18.1 Å². The number of aromatic amines is 1. The maximum absolute atomic E-state index is 12.4. The summed E-state index contributed by atoms with van der Waals surface area (Å²) >= 11 is 0. The Hall–Kier alpha value is -4.69. The average Bonchev–Trinajstić information content (AvgIpc) is 3.62. The molecule has 1 atom stereocenters. The van der Waals surface area contributed by atoms with Gasteiger partial charge < -0.3 is 24.9 Å². The molecule has 0 radical (unpaired) electrons. The highest BCUT2D eigenvalue weighted by molar-refractivity contribution is 5.96. The number of carbonyl (C=O) groups excluding carboxylic acids is 3. The van der Waals surface area contributed by atoms with Gasteiger partial charge in [0, 0.05) is 17.2 Å². The summed E-state index contributed by atoms with van der Waals surface area (Å²) in [6, 6.07) is 8.13. The van der Waals surface area contributed by atoms with E-state index in [1.54, 1.807) is 19.9 Å². The van der Waals surface area contributed by atoms with E-state index >= 15 is 0 Å². The molecule has 0 spiro atoms. The van der Waals surface area contributed by atoms with E-state index in [4.69, 9.17) is 19.1 Å². The number of carboxylic acids is 1. The zero-order chi connectivity index (χ0) is 30.7. The number of carbonyl (C=O) groups is 4. The van der Waals surface area contributed by atoms with Crippen LogP contribution in [0.15, 0.2) is 40.9 Å². The number of hydrogen-bond donors (Lipinski definition) is 4. The van der Waals surface area contributed by atoms with Crippen LogP contribution in [0.25, 0.3) is 22.7 Å². The van der Waals surface area contributed by atoms with Crippen LogP contribution in [0.4, 0.5) is 13.2 Å². The molecule has 2 aromatic heterocycles. The normalized spacial score (nSPS) is 11.7. The first-order valence-electron chi connectivity index (χ1n) is 12.5. The van der Waals surface area contributed by atoms with Crippen molar-refractivity contribution in [1.82, 2.24) is 25.8 Å². The van der Waals surface area contributed by atoms with Gasteiger partial charge in [0.2, 0.25) is 11.7 Å². The number of aromatic nitrogens is 3. The summed E-state index contributed by atoms with van der Waals surface area (Å²) in [6.07, 6.45) is -2.02. The molecule has 0 bridgehead atoms. The van der Waals surface area contributed by atoms with Gasteiger partial charge in [-0.2, -0.15) is 18.3 Å². The zero-order valence-corrected chi connectivity index (χ0v) is 22.7. The molecule has 0 fully saturated rings. The number of hydrogen-bond acceptors (Lipinski definition) is 8. The smallest absolute Gasteiger partial charge is 0.475 e. The van der Waals surface area contributed by atoms with Crippen molar-refractivity contribution in [3.8, 4) is 22.7 Å². The van der Waals surface area contributed by atoms with Crippen molar-refractivity contribution < 1.29 is 46.6 Å². The van der Waals surface area contributed by atoms with Gasteiger partial charge in [0.15, 0.2) is 5.69 Å². The van der Waals surface area contributed by atoms with Crippen molar-refractivity contribution in [3.05, 3.63) is 48.0 Å². The maximum atomic E-state index is 12.4. The molecular formula is C26H30F3N5O7. The first-order chi connectivity index (χ1) is 19.3. The fourth-order valence-electron chi connectivity index (χ4n) is 3.26. The summed E-state index contributed by atoms with van der Waals surface area (Å²) in [5, 5.41) is 19.5. The predicted molar refractivity (Wildman–Crippen MR) is 139 cm³/mol. The molecule has 0 aliphatic rings. The number of nitrogens with zero attached hydrogens (tertiary/aromatic N) is 2. The summed E-state index contributed by atoms with van der Waals surface area (Å²) in [6.45, 7) is 7.50. The lowest BCUT2D eigenvalue weighted by Gasteiger charge is -2.12. The van der Waals surface area contributed by atoms with Crippen molar-refractivity contribution in [1.29, 1.82) is 0 Å². The standard InChI is InChI=1S/C24H29N5O5.C2HF3O2/c1-5-17(6-2)27-22(31)20-13-25-23(34-20)16-10-8-9-15(11-16)18-12-19(29-28-18)21(30)26-14(4)24(32)33-7-3;3-2(4,5)1(6)7/h8-14,17H,5-7H2,1-4H3,(H,26,30)(H,27,31)(H,28,29);(H,6,7)/t14-;/m0./s1.